The van der Waals surface area contributed by atoms with Gasteiger partial charge in [-0.2, -0.15) is 5.10 Å². The summed E-state index contributed by atoms with van der Waals surface area (Å²) in [5, 5.41) is 4.87. The molecule has 1 fully saturated rings. The molecule has 0 atom stereocenters. The zero-order valence-corrected chi connectivity index (χ0v) is 22.5. The first-order valence-electron chi connectivity index (χ1n) is 12.4. The van der Waals surface area contributed by atoms with Gasteiger partial charge in [0.2, 0.25) is 0 Å². The fourth-order valence-electron chi connectivity index (χ4n) is 4.02. The number of carbonyl (C=O) groups excluding carboxylic acids is 1. The van der Waals surface area contributed by atoms with Gasteiger partial charge in [-0.05, 0) is 66.6 Å². The van der Waals surface area contributed by atoms with E-state index in [4.69, 9.17) is 22.1 Å². The van der Waals surface area contributed by atoms with Crippen molar-refractivity contribution < 1.29 is 13.9 Å². The molecule has 2 heterocycles. The van der Waals surface area contributed by atoms with E-state index in [0.29, 0.717) is 15.8 Å². The summed E-state index contributed by atoms with van der Waals surface area (Å²) in [7, 11) is 0. The molecule has 1 aliphatic heterocycles. The Hall–Kier alpha value is -3.75. The second kappa shape index (κ2) is 11.8. The van der Waals surface area contributed by atoms with Crippen LogP contribution in [0.15, 0.2) is 90.0 Å². The smallest absolute Gasteiger partial charge is 0.266 e. The normalized spacial score (nSPS) is 14.5. The molecule has 192 valence electrons. The van der Waals surface area contributed by atoms with E-state index in [2.05, 4.69) is 6.92 Å². The number of hydrogen-bond acceptors (Lipinski definition) is 5. The molecule has 1 amide bonds. The van der Waals surface area contributed by atoms with Crippen molar-refractivity contribution in [3.05, 3.63) is 107 Å². The molecule has 8 heteroatoms. The van der Waals surface area contributed by atoms with Crippen LogP contribution >= 0.6 is 24.0 Å². The molecule has 1 aromatic heterocycles. The van der Waals surface area contributed by atoms with E-state index in [1.165, 1.54) is 23.9 Å². The average Bonchev–Trinajstić information content (AvgIpc) is 3.47. The molecule has 0 radical (unpaired) electrons. The van der Waals surface area contributed by atoms with E-state index in [9.17, 15) is 9.18 Å². The maximum absolute atomic E-state index is 13.3. The van der Waals surface area contributed by atoms with Crippen LogP contribution in [0, 0.1) is 5.82 Å². The summed E-state index contributed by atoms with van der Waals surface area (Å²) in [6, 6.07) is 23.8. The van der Waals surface area contributed by atoms with Crippen LogP contribution in [0.3, 0.4) is 0 Å². The van der Waals surface area contributed by atoms with Crippen molar-refractivity contribution in [2.24, 2.45) is 0 Å². The molecule has 0 bridgehead atoms. The van der Waals surface area contributed by atoms with Gasteiger partial charge >= 0.3 is 0 Å². The quantitative estimate of drug-likeness (QED) is 0.126. The molecule has 0 unspecified atom stereocenters. The molecule has 0 saturated carbocycles. The Morgan fingerprint density at radius 3 is 2.47 bits per heavy atom. The van der Waals surface area contributed by atoms with E-state index in [1.807, 2.05) is 71.6 Å². The zero-order chi connectivity index (χ0) is 26.5. The maximum Gasteiger partial charge on any atom is 0.266 e. The Morgan fingerprint density at radius 1 is 1.03 bits per heavy atom. The minimum absolute atomic E-state index is 0.178. The topological polar surface area (TPSA) is 47.4 Å². The van der Waals surface area contributed by atoms with Crippen molar-refractivity contribution >= 4 is 40.3 Å². The third kappa shape index (κ3) is 5.87. The third-order valence-electron chi connectivity index (χ3n) is 6.07. The van der Waals surface area contributed by atoms with Crippen LogP contribution in [-0.2, 0) is 11.3 Å². The minimum Gasteiger partial charge on any atom is -0.494 e. The lowest BCUT2D eigenvalue weighted by Gasteiger charge is -2.14. The van der Waals surface area contributed by atoms with Crippen LogP contribution in [-0.4, -0.2) is 31.5 Å². The van der Waals surface area contributed by atoms with Crippen molar-refractivity contribution in [1.29, 1.82) is 0 Å². The number of nitrogens with zero attached hydrogens (tertiary/aromatic N) is 3. The average molecular weight is 544 g/mol. The van der Waals surface area contributed by atoms with Crippen LogP contribution in [0.5, 0.6) is 5.75 Å². The molecule has 0 spiro atoms. The highest BCUT2D eigenvalue weighted by molar-refractivity contribution is 8.26. The molecule has 38 heavy (non-hydrogen) atoms. The molecular formula is C30H26FN3O2S2. The molecule has 0 N–H and O–H groups in total. The number of benzene rings is 3. The number of ether oxygens (including phenoxy) is 1. The van der Waals surface area contributed by atoms with Gasteiger partial charge < -0.3 is 4.74 Å². The Balaban J connectivity index is 1.46. The number of unbranched alkanes of at least 4 members (excludes halogenated alkanes) is 1. The fourth-order valence-corrected chi connectivity index (χ4v) is 5.27. The summed E-state index contributed by atoms with van der Waals surface area (Å²) in [5.41, 5.74) is 4.18. The molecule has 0 aliphatic carbocycles. The van der Waals surface area contributed by atoms with Crippen LogP contribution in [0.1, 0.15) is 30.9 Å². The van der Waals surface area contributed by atoms with Gasteiger partial charge in [0, 0.05) is 17.3 Å². The van der Waals surface area contributed by atoms with Gasteiger partial charge in [0.15, 0.2) is 0 Å². The highest BCUT2D eigenvalue weighted by Gasteiger charge is 2.32. The number of thioether (sulfide) groups is 1. The lowest BCUT2D eigenvalue weighted by Crippen LogP contribution is -2.27. The highest BCUT2D eigenvalue weighted by atomic mass is 32.2. The third-order valence-corrected chi connectivity index (χ3v) is 7.45. The second-order valence-electron chi connectivity index (χ2n) is 8.83. The van der Waals surface area contributed by atoms with Crippen molar-refractivity contribution in [2.45, 2.75) is 26.3 Å². The summed E-state index contributed by atoms with van der Waals surface area (Å²) in [5.74, 6) is 0.317. The van der Waals surface area contributed by atoms with Crippen molar-refractivity contribution in [2.75, 3.05) is 6.61 Å². The van der Waals surface area contributed by atoms with Gasteiger partial charge in [-0.25, -0.2) is 9.07 Å². The van der Waals surface area contributed by atoms with Gasteiger partial charge in [-0.3, -0.25) is 9.69 Å². The highest BCUT2D eigenvalue weighted by Crippen LogP contribution is 2.36. The summed E-state index contributed by atoms with van der Waals surface area (Å²) in [6.45, 7) is 3.11. The summed E-state index contributed by atoms with van der Waals surface area (Å²) in [4.78, 5) is 15.4. The molecule has 5 nitrogen and oxygen atoms in total. The van der Waals surface area contributed by atoms with E-state index in [1.54, 1.807) is 17.0 Å². The largest absolute Gasteiger partial charge is 0.494 e. The molecule has 4 aromatic rings. The van der Waals surface area contributed by atoms with Crippen molar-refractivity contribution in [1.82, 2.24) is 14.7 Å². The number of carbonyl (C=O) groups is 1. The minimum atomic E-state index is -0.317. The second-order valence-corrected chi connectivity index (χ2v) is 10.5. The summed E-state index contributed by atoms with van der Waals surface area (Å²) >= 11 is 6.78. The lowest BCUT2D eigenvalue weighted by molar-refractivity contribution is -0.122. The van der Waals surface area contributed by atoms with Gasteiger partial charge in [-0.1, -0.05) is 67.7 Å². The summed E-state index contributed by atoms with van der Waals surface area (Å²) < 4.78 is 21.4. The van der Waals surface area contributed by atoms with Crippen LogP contribution in [0.25, 0.3) is 23.0 Å². The summed E-state index contributed by atoms with van der Waals surface area (Å²) in [6.07, 6.45) is 5.85. The number of thiocarbonyl (C=S) groups is 1. The predicted octanol–water partition coefficient (Wildman–Crippen LogP) is 7.26. The van der Waals surface area contributed by atoms with E-state index >= 15 is 0 Å². The van der Waals surface area contributed by atoms with Crippen LogP contribution in [0.2, 0.25) is 0 Å². The number of hydrogen-bond donors (Lipinski definition) is 0. The van der Waals surface area contributed by atoms with E-state index in [-0.39, 0.29) is 18.3 Å². The first-order chi connectivity index (χ1) is 18.5. The van der Waals surface area contributed by atoms with Crippen LogP contribution < -0.4 is 4.74 Å². The zero-order valence-electron chi connectivity index (χ0n) is 20.8. The predicted molar refractivity (Wildman–Crippen MR) is 155 cm³/mol. The van der Waals surface area contributed by atoms with Crippen molar-refractivity contribution in [3.8, 4) is 22.7 Å². The standard InChI is InChI=1S/C30H26FN3O2S2/c1-2-3-17-36-26-15-11-22(12-16-26)28-23(20-34(32-28)25-7-5-4-6-8-25)18-27-29(35)33(30(37)38-27)19-21-9-13-24(31)14-10-21/h4-16,18,20H,2-3,17,19H2,1H3/b27-18-. The first-order valence-corrected chi connectivity index (χ1v) is 13.6. The van der Waals surface area contributed by atoms with Gasteiger partial charge in [0.05, 0.1) is 29.4 Å². The van der Waals surface area contributed by atoms with Crippen LogP contribution in [0.4, 0.5) is 4.39 Å². The number of halogens is 1. The molecule has 5 rings (SSSR count). The van der Waals surface area contributed by atoms with E-state index in [0.717, 1.165) is 46.7 Å². The van der Waals surface area contributed by atoms with Gasteiger partial charge in [0.1, 0.15) is 15.9 Å². The number of aromatic nitrogens is 2. The maximum atomic E-state index is 13.3. The molecular weight excluding hydrogens is 517 g/mol. The SMILES string of the molecule is CCCCOc1ccc(-c2nn(-c3ccccc3)cc2/C=C2\SC(=S)N(Cc3ccc(F)cc3)C2=O)cc1. The Morgan fingerprint density at radius 2 is 1.76 bits per heavy atom. The fraction of sp³-hybridized carbons (Fsp3) is 0.167. The van der Waals surface area contributed by atoms with Gasteiger partial charge in [0.25, 0.3) is 5.91 Å². The first kappa shape index (κ1) is 25.9. The van der Waals surface area contributed by atoms with Gasteiger partial charge in [-0.15, -0.1) is 0 Å². The molecule has 1 saturated heterocycles. The number of rotatable bonds is 9. The molecule has 1 aliphatic rings. The Kier molecular flexibility index (Phi) is 8.00. The molecule has 3 aromatic carbocycles. The Labute approximate surface area is 230 Å². The monoisotopic (exact) mass is 543 g/mol. The number of para-hydroxylation sites is 1. The van der Waals surface area contributed by atoms with Crippen molar-refractivity contribution in [3.63, 3.8) is 0 Å². The van der Waals surface area contributed by atoms with E-state index < -0.39 is 0 Å². The Bertz CT molecular complexity index is 1470. The number of amides is 1. The lowest BCUT2D eigenvalue weighted by atomic mass is 10.1.